The molecule has 0 spiro atoms. The number of alkyl halides is 6. The average Bonchev–Trinajstić information content (AvgIpc) is 2.86. The van der Waals surface area contributed by atoms with Crippen LogP contribution in [-0.4, -0.2) is 64.4 Å². The van der Waals surface area contributed by atoms with Gasteiger partial charge in [-0.2, -0.15) is 0 Å². The molecule has 1 N–H and O–H groups in total. The van der Waals surface area contributed by atoms with Crippen LogP contribution in [0.2, 0.25) is 0 Å². The minimum absolute atomic E-state index is 0. The summed E-state index contributed by atoms with van der Waals surface area (Å²) < 4.78 is 114. The molecule has 0 amide bonds. The summed E-state index contributed by atoms with van der Waals surface area (Å²) in [5.41, 5.74) is 0. The zero-order chi connectivity index (χ0) is 33.0. The molecule has 0 saturated heterocycles. The Morgan fingerprint density at radius 3 is 1.23 bits per heavy atom. The van der Waals surface area contributed by atoms with Gasteiger partial charge < -0.3 is 18.6 Å². The molecule has 0 fully saturated rings. The molecule has 0 radical (unpaired) electrons. The second-order valence-electron chi connectivity index (χ2n) is 9.47. The van der Waals surface area contributed by atoms with Gasteiger partial charge in [-0.25, -0.2) is 4.21 Å². The Morgan fingerprint density at radius 1 is 0.636 bits per heavy atom. The number of hydrogen-bond acceptors (Lipinski definition) is 9. The molecule has 0 aliphatic heterocycles. The summed E-state index contributed by atoms with van der Waals surface area (Å²) in [6.07, 6.45) is 4.70. The molecule has 18 heteroatoms. The van der Waals surface area contributed by atoms with E-state index < -0.39 is 33.7 Å². The van der Waals surface area contributed by atoms with Crippen LogP contribution in [0.25, 0.3) is 0 Å². The number of rotatable bonds is 25. The van der Waals surface area contributed by atoms with Gasteiger partial charge >= 0.3 is 42.3 Å². The van der Waals surface area contributed by atoms with Crippen molar-refractivity contribution in [3.63, 3.8) is 0 Å². The smallest absolute Gasteiger partial charge is 0.748 e. The molecule has 0 aliphatic rings. The van der Waals surface area contributed by atoms with Gasteiger partial charge in [-0.15, -0.1) is 26.3 Å². The molecule has 44 heavy (non-hydrogen) atoms. The van der Waals surface area contributed by atoms with Crippen LogP contribution in [0.4, 0.5) is 26.3 Å². The molecule has 258 valence electrons. The average molecular weight is 702 g/mol. The SMILES string of the molecule is O=C([CH-]CC(=O)OCCCCCCCCCCOC(F)(F)F)OCCCCCCCCCCOC(F)(F)F.O=S([O-])(O)=S.[Na+]. The van der Waals surface area contributed by atoms with Crippen molar-refractivity contribution in [2.45, 2.75) is 122 Å². The van der Waals surface area contributed by atoms with Crippen molar-refractivity contribution in [2.75, 3.05) is 26.4 Å². The second kappa shape index (κ2) is 30.0. The normalized spacial score (nSPS) is 12.7. The Labute approximate surface area is 283 Å². The molecule has 0 saturated carbocycles. The summed E-state index contributed by atoms with van der Waals surface area (Å²) in [5, 5.41) is 0. The molecule has 0 aromatic carbocycles. The first-order chi connectivity index (χ1) is 20.0. The quantitative estimate of drug-likeness (QED) is 0.0483. The molecular formula is C26H44F6NaO9S2-. The first-order valence-corrected chi connectivity index (χ1v) is 16.6. The van der Waals surface area contributed by atoms with Gasteiger partial charge in [0, 0.05) is 0 Å². The van der Waals surface area contributed by atoms with Crippen LogP contribution in [0, 0.1) is 6.42 Å². The van der Waals surface area contributed by atoms with Crippen molar-refractivity contribution < 1.29 is 97.8 Å². The van der Waals surface area contributed by atoms with Crippen molar-refractivity contribution in [1.82, 2.24) is 0 Å². The van der Waals surface area contributed by atoms with Gasteiger partial charge in [0.15, 0.2) is 5.97 Å². The molecule has 0 aromatic heterocycles. The maximum Gasteiger partial charge on any atom is 1.00 e. The fourth-order valence-electron chi connectivity index (χ4n) is 3.55. The monoisotopic (exact) mass is 701 g/mol. The van der Waals surface area contributed by atoms with E-state index in [-0.39, 0.29) is 62.4 Å². The van der Waals surface area contributed by atoms with Crippen LogP contribution in [0.1, 0.15) is 109 Å². The van der Waals surface area contributed by atoms with Gasteiger partial charge in [0.1, 0.15) is 0 Å². The number of esters is 2. The summed E-state index contributed by atoms with van der Waals surface area (Å²) in [6, 6.07) is 0. The molecule has 0 aromatic rings. The van der Waals surface area contributed by atoms with E-state index in [1.165, 1.54) is 0 Å². The molecule has 0 rings (SSSR count). The summed E-state index contributed by atoms with van der Waals surface area (Å²) >= 11 is 3.35. The van der Waals surface area contributed by atoms with Crippen LogP contribution >= 0.6 is 0 Å². The molecule has 0 aliphatic carbocycles. The van der Waals surface area contributed by atoms with E-state index in [0.29, 0.717) is 38.5 Å². The zero-order valence-corrected chi connectivity index (χ0v) is 28.9. The fraction of sp³-hybridized carbons (Fsp3) is 0.885. The molecule has 9 nitrogen and oxygen atoms in total. The van der Waals surface area contributed by atoms with E-state index in [9.17, 15) is 35.9 Å². The molecule has 1 unspecified atom stereocenters. The van der Waals surface area contributed by atoms with Gasteiger partial charge in [-0.3, -0.25) is 25.5 Å². The van der Waals surface area contributed by atoms with E-state index in [1.54, 1.807) is 0 Å². The maximum absolute atomic E-state index is 11.8. The third-order valence-electron chi connectivity index (χ3n) is 5.55. The predicted molar refractivity (Wildman–Crippen MR) is 148 cm³/mol. The standard InChI is InChI=1S/C26H43F6O6.Na.H2O3S2/c27-25(28,29)37-21-15-11-7-3-1-5-9-13-19-35-23(33)17-18-24(34)36-20-14-10-6-2-4-8-12-16-22-38-26(30,31)32;;1-5(2,3)4/h17H,1-16,18-22H2;;(H2,1,2,3,4)/q-1;+1;/p-1. The third-order valence-corrected chi connectivity index (χ3v) is 5.55. The summed E-state index contributed by atoms with van der Waals surface area (Å²) in [6.45, 7) is -0.0592. The minimum atomic E-state index is -4.55. The number of carbonyl (C=O) groups excluding carboxylic acids is 2. The van der Waals surface area contributed by atoms with Crippen LogP contribution < -0.4 is 29.6 Å². The summed E-state index contributed by atoms with van der Waals surface area (Å²) in [4.78, 5) is 23.3. The molecule has 0 heterocycles. The molecule has 0 bridgehead atoms. The first-order valence-electron chi connectivity index (χ1n) is 14.2. The Kier molecular flexibility index (Phi) is 32.7. The Hall–Kier alpha value is -0.400. The predicted octanol–water partition coefficient (Wildman–Crippen LogP) is 4.32. The van der Waals surface area contributed by atoms with Crippen molar-refractivity contribution in [3.8, 4) is 0 Å². The molecular weight excluding hydrogens is 657 g/mol. The van der Waals surface area contributed by atoms with E-state index >= 15 is 0 Å². The van der Waals surface area contributed by atoms with E-state index in [0.717, 1.165) is 70.6 Å². The third kappa shape index (κ3) is 51.2. The number of unbranched alkanes of at least 4 members (excludes halogenated alkanes) is 14. The van der Waals surface area contributed by atoms with Gasteiger partial charge in [0.25, 0.3) is 5.97 Å². The Balaban J connectivity index is -0.00000257. The minimum Gasteiger partial charge on any atom is -0.748 e. The molecule has 1 atom stereocenters. The largest absolute Gasteiger partial charge is 1.00 e. The number of halogens is 6. The number of ether oxygens (including phenoxy) is 4. The fourth-order valence-corrected chi connectivity index (χ4v) is 3.55. The Bertz CT molecular complexity index is 744. The van der Waals surface area contributed by atoms with E-state index in [1.807, 2.05) is 0 Å². The first kappa shape index (κ1) is 48.0. The van der Waals surface area contributed by atoms with Crippen molar-refractivity contribution in [2.24, 2.45) is 0 Å². The topological polar surface area (TPSA) is 131 Å². The van der Waals surface area contributed by atoms with Gasteiger partial charge in [0.05, 0.1) is 35.5 Å². The van der Waals surface area contributed by atoms with Gasteiger partial charge in [-0.05, 0) is 36.9 Å². The van der Waals surface area contributed by atoms with Crippen molar-refractivity contribution >= 4 is 32.2 Å². The van der Waals surface area contributed by atoms with Crippen LogP contribution in [0.5, 0.6) is 0 Å². The van der Waals surface area contributed by atoms with Gasteiger partial charge in [-0.1, -0.05) is 83.5 Å². The van der Waals surface area contributed by atoms with Crippen molar-refractivity contribution in [3.05, 3.63) is 6.42 Å². The van der Waals surface area contributed by atoms with Crippen LogP contribution in [0.3, 0.4) is 0 Å². The zero-order valence-electron chi connectivity index (χ0n) is 25.2. The van der Waals surface area contributed by atoms with E-state index in [2.05, 4.69) is 20.7 Å². The Morgan fingerprint density at radius 2 is 0.909 bits per heavy atom. The maximum atomic E-state index is 11.8. The summed E-state index contributed by atoms with van der Waals surface area (Å²) in [5.74, 6) is -1.05. The number of hydrogen-bond donors (Lipinski definition) is 1. The van der Waals surface area contributed by atoms with Crippen LogP contribution in [-0.2, 0) is 48.8 Å². The van der Waals surface area contributed by atoms with E-state index in [4.69, 9.17) is 22.8 Å². The summed E-state index contributed by atoms with van der Waals surface area (Å²) in [7, 11) is -4.08. The van der Waals surface area contributed by atoms with Gasteiger partial charge in [0.2, 0.25) is 0 Å². The number of carbonyl (C=O) groups is 2. The van der Waals surface area contributed by atoms with Crippen molar-refractivity contribution in [1.29, 1.82) is 0 Å². The van der Waals surface area contributed by atoms with Crippen LogP contribution in [0.15, 0.2) is 0 Å². The second-order valence-corrected chi connectivity index (χ2v) is 11.6.